The highest BCUT2D eigenvalue weighted by Crippen LogP contribution is 2.35. The first-order chi connectivity index (χ1) is 13.9. The molecule has 1 heterocycles. The van der Waals surface area contributed by atoms with Gasteiger partial charge in [-0.05, 0) is 42.3 Å². The maximum absolute atomic E-state index is 14.7. The lowest BCUT2D eigenvalue weighted by molar-refractivity contribution is 0.0693. The van der Waals surface area contributed by atoms with E-state index in [2.05, 4.69) is 5.10 Å². The number of nitrogens with zero attached hydrogens (tertiary/aromatic N) is 2. The molecular weight excluding hydrogens is 378 g/mol. The lowest BCUT2D eigenvalue weighted by Crippen LogP contribution is -2.03. The number of carboxylic acid groups (broad SMARTS) is 1. The van der Waals surface area contributed by atoms with Gasteiger partial charge in [-0.1, -0.05) is 30.3 Å². The summed E-state index contributed by atoms with van der Waals surface area (Å²) in [4.78, 5) is 11.1. The highest BCUT2D eigenvalue weighted by atomic mass is 19.1. The van der Waals surface area contributed by atoms with Gasteiger partial charge in [-0.25, -0.2) is 13.6 Å². The SMILES string of the molecule is Cc1ccccc1Cn1nc(-c2cc(O)c(C(=O)O)cc2F)c2c(F)cccc21. The van der Waals surface area contributed by atoms with E-state index in [4.69, 9.17) is 5.11 Å². The summed E-state index contributed by atoms with van der Waals surface area (Å²) in [5.74, 6) is -3.58. The smallest absolute Gasteiger partial charge is 0.339 e. The minimum absolute atomic E-state index is 0.00331. The molecule has 4 aromatic rings. The van der Waals surface area contributed by atoms with Gasteiger partial charge < -0.3 is 10.2 Å². The molecule has 0 fully saturated rings. The van der Waals surface area contributed by atoms with Gasteiger partial charge in [0.25, 0.3) is 0 Å². The van der Waals surface area contributed by atoms with Crippen molar-refractivity contribution in [2.45, 2.75) is 13.5 Å². The monoisotopic (exact) mass is 394 g/mol. The minimum Gasteiger partial charge on any atom is -0.507 e. The summed E-state index contributed by atoms with van der Waals surface area (Å²) in [6.45, 7) is 2.29. The Labute approximate surface area is 164 Å². The van der Waals surface area contributed by atoms with Crippen LogP contribution in [0.4, 0.5) is 8.78 Å². The van der Waals surface area contributed by atoms with Crippen LogP contribution in [0.3, 0.4) is 0 Å². The summed E-state index contributed by atoms with van der Waals surface area (Å²) in [5, 5.41) is 23.6. The van der Waals surface area contributed by atoms with Gasteiger partial charge in [0.2, 0.25) is 0 Å². The Morgan fingerprint density at radius 1 is 1.07 bits per heavy atom. The van der Waals surface area contributed by atoms with Crippen LogP contribution in [0.15, 0.2) is 54.6 Å². The topological polar surface area (TPSA) is 75.3 Å². The van der Waals surface area contributed by atoms with Crippen molar-refractivity contribution in [3.05, 3.63) is 82.9 Å². The van der Waals surface area contributed by atoms with Crippen molar-refractivity contribution >= 4 is 16.9 Å². The molecule has 5 nitrogen and oxygen atoms in total. The maximum atomic E-state index is 14.7. The van der Waals surface area contributed by atoms with E-state index < -0.39 is 28.9 Å². The van der Waals surface area contributed by atoms with Gasteiger partial charge in [0.05, 0.1) is 17.4 Å². The Bertz CT molecular complexity index is 1260. The molecule has 146 valence electrons. The van der Waals surface area contributed by atoms with Crippen LogP contribution >= 0.6 is 0 Å². The number of aromatic carboxylic acids is 1. The lowest BCUT2D eigenvalue weighted by atomic mass is 10.0. The predicted octanol–water partition coefficient (Wildman–Crippen LogP) is 4.74. The van der Waals surface area contributed by atoms with E-state index in [0.717, 1.165) is 17.2 Å². The van der Waals surface area contributed by atoms with Gasteiger partial charge in [0.15, 0.2) is 0 Å². The number of hydrogen-bond acceptors (Lipinski definition) is 3. The molecule has 0 amide bonds. The molecular formula is C22H16F2N2O3. The van der Waals surface area contributed by atoms with Crippen molar-refractivity contribution in [2.24, 2.45) is 0 Å². The number of carboxylic acids is 1. The first kappa shape index (κ1) is 18.6. The molecule has 1 aromatic heterocycles. The van der Waals surface area contributed by atoms with E-state index in [1.807, 2.05) is 31.2 Å². The van der Waals surface area contributed by atoms with Crippen LogP contribution in [-0.2, 0) is 6.54 Å². The fourth-order valence-corrected chi connectivity index (χ4v) is 3.36. The summed E-state index contributed by atoms with van der Waals surface area (Å²) in [5.41, 5.74) is 1.71. The zero-order valence-electron chi connectivity index (χ0n) is 15.4. The van der Waals surface area contributed by atoms with Crippen molar-refractivity contribution in [1.29, 1.82) is 0 Å². The van der Waals surface area contributed by atoms with Crippen LogP contribution in [0, 0.1) is 18.6 Å². The van der Waals surface area contributed by atoms with Gasteiger partial charge in [-0.3, -0.25) is 4.68 Å². The summed E-state index contributed by atoms with van der Waals surface area (Å²) in [7, 11) is 0. The molecule has 0 unspecified atom stereocenters. The zero-order valence-corrected chi connectivity index (χ0v) is 15.4. The van der Waals surface area contributed by atoms with Gasteiger partial charge >= 0.3 is 5.97 Å². The standard InChI is InChI=1S/C22H16F2N2O3/c1-12-5-2-3-6-13(12)11-26-18-8-4-7-16(23)20(18)21(25-26)14-10-19(27)15(22(28)29)9-17(14)24/h2-10,27H,11H2,1H3,(H,28,29). The van der Waals surface area contributed by atoms with Crippen LogP contribution in [0.1, 0.15) is 21.5 Å². The molecule has 0 atom stereocenters. The van der Waals surface area contributed by atoms with Crippen molar-refractivity contribution in [2.75, 3.05) is 0 Å². The largest absolute Gasteiger partial charge is 0.507 e. The number of fused-ring (bicyclic) bond motifs is 1. The highest BCUT2D eigenvalue weighted by molar-refractivity contribution is 5.96. The third-order valence-electron chi connectivity index (χ3n) is 4.88. The van der Waals surface area contributed by atoms with Crippen molar-refractivity contribution < 1.29 is 23.8 Å². The molecule has 3 aromatic carbocycles. The number of hydrogen-bond donors (Lipinski definition) is 2. The van der Waals surface area contributed by atoms with Crippen molar-refractivity contribution in [3.63, 3.8) is 0 Å². The van der Waals surface area contributed by atoms with Crippen molar-refractivity contribution in [1.82, 2.24) is 9.78 Å². The molecule has 7 heteroatoms. The molecule has 0 bridgehead atoms. The molecule has 0 aliphatic heterocycles. The Balaban J connectivity index is 1.94. The highest BCUT2D eigenvalue weighted by Gasteiger charge is 2.22. The summed E-state index contributed by atoms with van der Waals surface area (Å²) < 4.78 is 30.9. The van der Waals surface area contributed by atoms with Crippen LogP contribution in [0.5, 0.6) is 5.75 Å². The lowest BCUT2D eigenvalue weighted by Gasteiger charge is -2.07. The first-order valence-corrected chi connectivity index (χ1v) is 8.82. The normalized spacial score (nSPS) is 11.1. The third-order valence-corrected chi connectivity index (χ3v) is 4.88. The number of carbonyl (C=O) groups is 1. The second kappa shape index (κ2) is 7.01. The minimum atomic E-state index is -1.46. The van der Waals surface area contributed by atoms with Gasteiger partial charge in [0, 0.05) is 5.56 Å². The van der Waals surface area contributed by atoms with Crippen LogP contribution in [0.2, 0.25) is 0 Å². The average molecular weight is 394 g/mol. The number of halogens is 2. The molecule has 0 spiro atoms. The maximum Gasteiger partial charge on any atom is 0.339 e. The Hall–Kier alpha value is -3.74. The Kier molecular flexibility index (Phi) is 4.50. The van der Waals surface area contributed by atoms with Crippen LogP contribution < -0.4 is 0 Å². The zero-order chi connectivity index (χ0) is 20.7. The summed E-state index contributed by atoms with van der Waals surface area (Å²) >= 11 is 0. The molecule has 0 radical (unpaired) electrons. The van der Waals surface area contributed by atoms with Gasteiger partial charge in [-0.15, -0.1) is 0 Å². The molecule has 0 aliphatic rings. The summed E-state index contributed by atoms with van der Waals surface area (Å²) in [6.07, 6.45) is 0. The molecule has 0 aliphatic carbocycles. The van der Waals surface area contributed by atoms with Crippen LogP contribution in [-0.4, -0.2) is 26.0 Å². The van der Waals surface area contributed by atoms with Crippen molar-refractivity contribution in [3.8, 4) is 17.0 Å². The fraction of sp³-hybridized carbons (Fsp3) is 0.0909. The Morgan fingerprint density at radius 2 is 1.83 bits per heavy atom. The van der Waals surface area contributed by atoms with E-state index in [9.17, 15) is 18.7 Å². The number of aryl methyl sites for hydroxylation is 1. The number of aromatic nitrogens is 2. The second-order valence-corrected chi connectivity index (χ2v) is 6.72. The molecule has 0 saturated heterocycles. The van der Waals surface area contributed by atoms with E-state index in [0.29, 0.717) is 18.1 Å². The summed E-state index contributed by atoms with van der Waals surface area (Å²) in [6, 6.07) is 13.8. The van der Waals surface area contributed by atoms with E-state index in [1.54, 1.807) is 16.8 Å². The third kappa shape index (κ3) is 3.20. The fourth-order valence-electron chi connectivity index (χ4n) is 3.36. The second-order valence-electron chi connectivity index (χ2n) is 6.72. The quantitative estimate of drug-likeness (QED) is 0.524. The van der Waals surface area contributed by atoms with Crippen LogP contribution in [0.25, 0.3) is 22.2 Å². The molecule has 0 saturated carbocycles. The molecule has 4 rings (SSSR count). The average Bonchev–Trinajstić information content (AvgIpc) is 3.04. The molecule has 2 N–H and O–H groups in total. The van der Waals surface area contributed by atoms with Gasteiger partial charge in [-0.2, -0.15) is 5.10 Å². The number of aromatic hydroxyl groups is 1. The van der Waals surface area contributed by atoms with E-state index in [-0.39, 0.29) is 16.6 Å². The Morgan fingerprint density at radius 3 is 2.55 bits per heavy atom. The van der Waals surface area contributed by atoms with E-state index in [1.165, 1.54) is 6.07 Å². The number of benzene rings is 3. The van der Waals surface area contributed by atoms with Gasteiger partial charge in [0.1, 0.15) is 28.6 Å². The number of rotatable bonds is 4. The molecule has 29 heavy (non-hydrogen) atoms. The number of phenols is 1. The predicted molar refractivity (Wildman–Crippen MR) is 104 cm³/mol. The van der Waals surface area contributed by atoms with E-state index >= 15 is 0 Å². The first-order valence-electron chi connectivity index (χ1n) is 8.82.